The Hall–Kier alpha value is -2.27. The minimum atomic E-state index is -0.125. The van der Waals surface area contributed by atoms with Crippen LogP contribution in [-0.2, 0) is 13.0 Å². The van der Waals surface area contributed by atoms with Crippen LogP contribution in [0, 0.1) is 5.41 Å². The highest BCUT2D eigenvalue weighted by Crippen LogP contribution is 2.33. The molecule has 5 heteroatoms. The van der Waals surface area contributed by atoms with Crippen LogP contribution in [0.4, 0.5) is 5.69 Å². The van der Waals surface area contributed by atoms with Crippen LogP contribution in [0.3, 0.4) is 0 Å². The molecule has 0 saturated carbocycles. The van der Waals surface area contributed by atoms with Crippen molar-refractivity contribution in [2.45, 2.75) is 39.8 Å². The maximum Gasteiger partial charge on any atom is 0.289 e. The number of hydrogen-bond donors (Lipinski definition) is 1. The molecular weight excluding hydrogens is 326 g/mol. The summed E-state index contributed by atoms with van der Waals surface area (Å²) < 4.78 is 5.58. The summed E-state index contributed by atoms with van der Waals surface area (Å²) in [6.45, 7) is 8.12. The van der Waals surface area contributed by atoms with E-state index >= 15 is 0 Å². The lowest BCUT2D eigenvalue weighted by atomic mass is 9.93. The van der Waals surface area contributed by atoms with Gasteiger partial charge in [0.25, 0.3) is 5.91 Å². The normalized spacial score (nSPS) is 16.7. The van der Waals surface area contributed by atoms with Crippen molar-refractivity contribution in [2.75, 3.05) is 25.0 Å². The van der Waals surface area contributed by atoms with Gasteiger partial charge in [-0.25, -0.2) is 0 Å². The van der Waals surface area contributed by atoms with Gasteiger partial charge in [0.1, 0.15) is 0 Å². The van der Waals surface area contributed by atoms with Crippen molar-refractivity contribution in [3.05, 3.63) is 53.5 Å². The zero-order chi connectivity index (χ0) is 18.9. The largest absolute Gasteiger partial charge is 0.459 e. The third-order valence-corrected chi connectivity index (χ3v) is 5.19. The maximum absolute atomic E-state index is 12.9. The van der Waals surface area contributed by atoms with Gasteiger partial charge in [0.05, 0.1) is 6.26 Å². The molecule has 0 radical (unpaired) electrons. The minimum absolute atomic E-state index is 0.0911. The highest BCUT2D eigenvalue weighted by atomic mass is 16.3. The first-order valence-corrected chi connectivity index (χ1v) is 9.19. The van der Waals surface area contributed by atoms with Crippen molar-refractivity contribution in [2.24, 2.45) is 11.1 Å². The van der Waals surface area contributed by atoms with Gasteiger partial charge < -0.3 is 20.0 Å². The monoisotopic (exact) mass is 355 g/mol. The van der Waals surface area contributed by atoms with Crippen LogP contribution >= 0.6 is 0 Å². The van der Waals surface area contributed by atoms with Crippen LogP contribution in [-0.4, -0.2) is 37.0 Å². The fourth-order valence-corrected chi connectivity index (χ4v) is 3.65. The molecule has 26 heavy (non-hydrogen) atoms. The van der Waals surface area contributed by atoms with E-state index in [1.54, 1.807) is 18.2 Å². The molecule has 1 amide bonds. The molecule has 2 aromatic rings. The van der Waals surface area contributed by atoms with E-state index in [2.05, 4.69) is 49.9 Å². The molecule has 2 N–H and O–H groups in total. The van der Waals surface area contributed by atoms with Crippen LogP contribution in [0.25, 0.3) is 0 Å². The molecule has 1 atom stereocenters. The first kappa shape index (κ1) is 18.5. The number of anilines is 1. The molecule has 0 aliphatic carbocycles. The van der Waals surface area contributed by atoms with E-state index in [0.717, 1.165) is 12.0 Å². The highest BCUT2D eigenvalue weighted by molar-refractivity contribution is 5.93. The molecule has 1 unspecified atom stereocenters. The molecule has 0 saturated heterocycles. The van der Waals surface area contributed by atoms with Gasteiger partial charge in [-0.05, 0) is 43.0 Å². The predicted octanol–water partition coefficient (Wildman–Crippen LogP) is 3.29. The summed E-state index contributed by atoms with van der Waals surface area (Å²) in [6.07, 6.45) is 2.64. The van der Waals surface area contributed by atoms with Gasteiger partial charge in [-0.1, -0.05) is 32.0 Å². The zero-order valence-electron chi connectivity index (χ0n) is 16.2. The van der Waals surface area contributed by atoms with Gasteiger partial charge in [-0.15, -0.1) is 0 Å². The minimum Gasteiger partial charge on any atom is -0.459 e. The van der Waals surface area contributed by atoms with Crippen LogP contribution in [0.1, 0.15) is 42.5 Å². The standard InChI is InChI=1S/C21H29N3O2/c1-15-11-16-7-5-6-8-18(16)24(15)12-17-9-10-26-19(17)20(25)23(4)14-21(2,3)13-22/h5-10,15H,11-14,22H2,1-4H3. The summed E-state index contributed by atoms with van der Waals surface area (Å²) in [4.78, 5) is 16.9. The van der Waals surface area contributed by atoms with E-state index in [1.807, 2.05) is 6.07 Å². The van der Waals surface area contributed by atoms with Crippen molar-refractivity contribution in [1.82, 2.24) is 4.90 Å². The Morgan fingerprint density at radius 2 is 2.08 bits per heavy atom. The van der Waals surface area contributed by atoms with Gasteiger partial charge in [-0.2, -0.15) is 0 Å². The molecule has 0 fully saturated rings. The van der Waals surface area contributed by atoms with Gasteiger partial charge >= 0.3 is 0 Å². The number of furan rings is 1. The van der Waals surface area contributed by atoms with Crippen LogP contribution < -0.4 is 10.6 Å². The second-order valence-corrected chi connectivity index (χ2v) is 8.11. The first-order chi connectivity index (χ1) is 12.3. The summed E-state index contributed by atoms with van der Waals surface area (Å²) in [5, 5.41) is 0. The highest BCUT2D eigenvalue weighted by Gasteiger charge is 2.29. The number of fused-ring (bicyclic) bond motifs is 1. The summed E-state index contributed by atoms with van der Waals surface area (Å²) in [7, 11) is 1.81. The molecule has 0 bridgehead atoms. The Kier molecular flexibility index (Phi) is 5.10. The first-order valence-electron chi connectivity index (χ1n) is 9.19. The SMILES string of the molecule is CC1Cc2ccccc2N1Cc1ccoc1C(=O)N(C)CC(C)(C)CN. The van der Waals surface area contributed by atoms with Crippen molar-refractivity contribution in [1.29, 1.82) is 0 Å². The smallest absolute Gasteiger partial charge is 0.289 e. The Morgan fingerprint density at radius 1 is 1.35 bits per heavy atom. The molecule has 1 aromatic heterocycles. The molecule has 5 nitrogen and oxygen atoms in total. The van der Waals surface area contributed by atoms with E-state index < -0.39 is 0 Å². The number of para-hydroxylation sites is 1. The lowest BCUT2D eigenvalue weighted by Crippen LogP contribution is -2.40. The van der Waals surface area contributed by atoms with E-state index in [0.29, 0.717) is 31.4 Å². The fraction of sp³-hybridized carbons (Fsp3) is 0.476. The molecule has 1 aliphatic rings. The second kappa shape index (κ2) is 7.16. The number of nitrogens with two attached hydrogens (primary N) is 1. The van der Waals surface area contributed by atoms with Crippen LogP contribution in [0.15, 0.2) is 41.0 Å². The summed E-state index contributed by atoms with van der Waals surface area (Å²) in [6, 6.07) is 10.8. The summed E-state index contributed by atoms with van der Waals surface area (Å²) >= 11 is 0. The van der Waals surface area contributed by atoms with E-state index in [9.17, 15) is 4.79 Å². The summed E-state index contributed by atoms with van der Waals surface area (Å²) in [5.74, 6) is 0.337. The van der Waals surface area contributed by atoms with Crippen molar-refractivity contribution in [3.63, 3.8) is 0 Å². The lowest BCUT2D eigenvalue weighted by molar-refractivity contribution is 0.0707. The third kappa shape index (κ3) is 3.63. The van der Waals surface area contributed by atoms with E-state index in [-0.39, 0.29) is 11.3 Å². The Morgan fingerprint density at radius 3 is 2.81 bits per heavy atom. The molecular formula is C21H29N3O2. The molecule has 0 spiro atoms. The number of rotatable bonds is 6. The second-order valence-electron chi connectivity index (χ2n) is 8.11. The average Bonchev–Trinajstić information content (AvgIpc) is 3.19. The van der Waals surface area contributed by atoms with E-state index in [1.165, 1.54) is 11.3 Å². The van der Waals surface area contributed by atoms with Crippen molar-refractivity contribution < 1.29 is 9.21 Å². The molecule has 2 heterocycles. The van der Waals surface area contributed by atoms with Gasteiger partial charge in [0, 0.05) is 37.4 Å². The quantitative estimate of drug-likeness (QED) is 0.864. The van der Waals surface area contributed by atoms with Crippen LogP contribution in [0.2, 0.25) is 0 Å². The Balaban J connectivity index is 1.78. The van der Waals surface area contributed by atoms with Gasteiger partial charge in [0.2, 0.25) is 0 Å². The molecule has 1 aliphatic heterocycles. The number of benzene rings is 1. The fourth-order valence-electron chi connectivity index (χ4n) is 3.65. The van der Waals surface area contributed by atoms with Crippen molar-refractivity contribution >= 4 is 11.6 Å². The van der Waals surface area contributed by atoms with E-state index in [4.69, 9.17) is 10.2 Å². The molecule has 1 aromatic carbocycles. The number of amides is 1. The number of nitrogens with zero attached hydrogens (tertiary/aromatic N) is 2. The van der Waals surface area contributed by atoms with Gasteiger partial charge in [-0.3, -0.25) is 4.79 Å². The lowest BCUT2D eigenvalue weighted by Gasteiger charge is -2.29. The average molecular weight is 355 g/mol. The number of hydrogen-bond acceptors (Lipinski definition) is 4. The Bertz CT molecular complexity index is 781. The topological polar surface area (TPSA) is 62.7 Å². The summed E-state index contributed by atoms with van der Waals surface area (Å²) in [5.41, 5.74) is 9.21. The zero-order valence-corrected chi connectivity index (χ0v) is 16.2. The van der Waals surface area contributed by atoms with Crippen LogP contribution in [0.5, 0.6) is 0 Å². The predicted molar refractivity (Wildman–Crippen MR) is 104 cm³/mol. The molecule has 140 valence electrons. The van der Waals surface area contributed by atoms with Gasteiger partial charge in [0.15, 0.2) is 5.76 Å². The Labute approximate surface area is 155 Å². The third-order valence-electron chi connectivity index (χ3n) is 5.19. The molecule has 3 rings (SSSR count). The maximum atomic E-state index is 12.9. The van der Waals surface area contributed by atoms with Crippen molar-refractivity contribution in [3.8, 4) is 0 Å². The number of carbonyl (C=O) groups is 1. The number of carbonyl (C=O) groups excluding carboxylic acids is 1.